The Kier molecular flexibility index (Phi) is 3.05. The molecular formula is C13H12N2O2. The van der Waals surface area contributed by atoms with Crippen molar-refractivity contribution >= 4 is 24.3 Å². The van der Waals surface area contributed by atoms with Crippen LogP contribution in [0.25, 0.3) is 11.8 Å². The molecule has 0 saturated heterocycles. The molecule has 4 heteroatoms. The molecule has 0 spiro atoms. The predicted molar refractivity (Wildman–Crippen MR) is 66.9 cm³/mol. The Morgan fingerprint density at radius 3 is 2.88 bits per heavy atom. The maximum atomic E-state index is 10.8. The third-order valence-electron chi connectivity index (χ3n) is 2.51. The van der Waals surface area contributed by atoms with E-state index in [1.165, 1.54) is 6.21 Å². The molecule has 0 aromatic heterocycles. The maximum absolute atomic E-state index is 10.8. The minimum absolute atomic E-state index is 0.471. The zero-order valence-corrected chi connectivity index (χ0v) is 9.36. The summed E-state index contributed by atoms with van der Waals surface area (Å²) in [5.41, 5.74) is 2.93. The molecule has 0 atom stereocenters. The van der Waals surface area contributed by atoms with Gasteiger partial charge in [-0.25, -0.2) is 0 Å². The van der Waals surface area contributed by atoms with Gasteiger partial charge >= 0.3 is 0 Å². The van der Waals surface area contributed by atoms with Crippen LogP contribution in [0.2, 0.25) is 0 Å². The third-order valence-corrected chi connectivity index (χ3v) is 2.51. The van der Waals surface area contributed by atoms with Crippen molar-refractivity contribution in [2.24, 2.45) is 0 Å². The third kappa shape index (κ3) is 1.97. The Labute approximate surface area is 99.1 Å². The van der Waals surface area contributed by atoms with E-state index in [1.807, 2.05) is 18.2 Å². The summed E-state index contributed by atoms with van der Waals surface area (Å²) in [6.07, 6.45) is 5.27. The number of nitrogens with one attached hydrogen (secondary N) is 2. The van der Waals surface area contributed by atoms with Crippen LogP contribution in [-0.2, 0) is 4.79 Å². The second-order valence-electron chi connectivity index (χ2n) is 3.51. The van der Waals surface area contributed by atoms with Crippen molar-refractivity contribution in [2.45, 2.75) is 0 Å². The number of carbonyl (C=O) groups excluding carboxylic acids is 1. The number of carbonyl (C=O) groups is 1. The van der Waals surface area contributed by atoms with Gasteiger partial charge in [-0.3, -0.25) is 4.79 Å². The van der Waals surface area contributed by atoms with E-state index in [0.717, 1.165) is 17.4 Å². The largest absolute Gasteiger partial charge is 0.496 e. The van der Waals surface area contributed by atoms with Gasteiger partial charge < -0.3 is 15.5 Å². The number of hydrogen-bond donors (Lipinski definition) is 2. The van der Waals surface area contributed by atoms with E-state index in [9.17, 15) is 4.79 Å². The predicted octanol–water partition coefficient (Wildman–Crippen LogP) is 1.83. The van der Waals surface area contributed by atoms with Crippen LogP contribution in [0.3, 0.4) is 0 Å². The molecule has 0 aliphatic carbocycles. The van der Waals surface area contributed by atoms with Crippen LogP contribution in [0.5, 0.6) is 5.75 Å². The fraction of sp³-hybridized carbons (Fsp3) is 0.0769. The summed E-state index contributed by atoms with van der Waals surface area (Å²) in [5, 5.41) is 10.1. The number of allylic oxidation sites excluding steroid dienone is 2. The Bertz CT molecular complexity index is 530. The van der Waals surface area contributed by atoms with Crippen molar-refractivity contribution < 1.29 is 9.53 Å². The van der Waals surface area contributed by atoms with Crippen molar-refractivity contribution in [1.29, 1.82) is 5.41 Å². The zero-order chi connectivity index (χ0) is 12.3. The second-order valence-corrected chi connectivity index (χ2v) is 3.51. The van der Waals surface area contributed by atoms with Crippen LogP contribution >= 0.6 is 0 Å². The van der Waals surface area contributed by atoms with E-state index < -0.39 is 0 Å². The quantitative estimate of drug-likeness (QED) is 0.612. The topological polar surface area (TPSA) is 62.2 Å². The van der Waals surface area contributed by atoms with Crippen molar-refractivity contribution in [2.75, 3.05) is 7.11 Å². The lowest BCUT2D eigenvalue weighted by atomic mass is 9.98. The fourth-order valence-electron chi connectivity index (χ4n) is 1.82. The maximum Gasteiger partial charge on any atom is 0.166 e. The molecule has 0 saturated carbocycles. The number of ether oxygens (including phenoxy) is 1. The summed E-state index contributed by atoms with van der Waals surface area (Å²) in [4.78, 5) is 10.8. The number of hydrogen-bond acceptors (Lipinski definition) is 4. The van der Waals surface area contributed by atoms with E-state index in [4.69, 9.17) is 10.1 Å². The van der Waals surface area contributed by atoms with Crippen LogP contribution in [0.4, 0.5) is 0 Å². The van der Waals surface area contributed by atoms with Crippen LogP contribution < -0.4 is 10.1 Å². The lowest BCUT2D eigenvalue weighted by Gasteiger charge is -2.21. The second kappa shape index (κ2) is 4.65. The normalized spacial score (nSPS) is 15.6. The average molecular weight is 228 g/mol. The Hall–Kier alpha value is -2.36. The van der Waals surface area contributed by atoms with Gasteiger partial charge in [0.15, 0.2) is 6.29 Å². The summed E-state index contributed by atoms with van der Waals surface area (Å²) in [5.74, 6) is 0.712. The van der Waals surface area contributed by atoms with E-state index >= 15 is 0 Å². The fourth-order valence-corrected chi connectivity index (χ4v) is 1.82. The summed E-state index contributed by atoms with van der Waals surface area (Å²) >= 11 is 0. The molecule has 1 heterocycles. The van der Waals surface area contributed by atoms with Gasteiger partial charge in [0.25, 0.3) is 0 Å². The number of rotatable bonds is 3. The van der Waals surface area contributed by atoms with Crippen LogP contribution in [0.1, 0.15) is 11.1 Å². The number of fused-ring (bicyclic) bond motifs is 1. The van der Waals surface area contributed by atoms with Gasteiger partial charge in [0.05, 0.1) is 18.5 Å². The lowest BCUT2D eigenvalue weighted by Crippen LogP contribution is -2.18. The van der Waals surface area contributed by atoms with Crippen molar-refractivity contribution in [3.05, 3.63) is 41.1 Å². The highest BCUT2D eigenvalue weighted by Crippen LogP contribution is 2.32. The standard InChI is InChI=1S/C13H12N2O2/c1-17-12-4-2-3-9-7-10(8-16)15-11(5-6-14)13(9)12/h2-8,14-15H,1H3/b11-5-,14-6?. The van der Waals surface area contributed by atoms with Gasteiger partial charge in [-0.15, -0.1) is 0 Å². The molecule has 86 valence electrons. The van der Waals surface area contributed by atoms with Crippen molar-refractivity contribution in [3.63, 3.8) is 0 Å². The van der Waals surface area contributed by atoms with E-state index in [2.05, 4.69) is 5.32 Å². The summed E-state index contributed by atoms with van der Waals surface area (Å²) < 4.78 is 5.28. The minimum atomic E-state index is 0.471. The Balaban J connectivity index is 2.67. The first-order valence-electron chi connectivity index (χ1n) is 5.12. The lowest BCUT2D eigenvalue weighted by molar-refractivity contribution is -0.105. The zero-order valence-electron chi connectivity index (χ0n) is 9.36. The van der Waals surface area contributed by atoms with Gasteiger partial charge in [0, 0.05) is 11.8 Å². The number of methoxy groups -OCH3 is 1. The number of benzene rings is 1. The molecule has 0 amide bonds. The smallest absolute Gasteiger partial charge is 0.166 e. The molecule has 0 radical (unpaired) electrons. The molecule has 1 aromatic rings. The minimum Gasteiger partial charge on any atom is -0.496 e. The molecule has 0 fully saturated rings. The first-order chi connectivity index (χ1) is 8.30. The van der Waals surface area contributed by atoms with Crippen LogP contribution in [0, 0.1) is 5.41 Å². The summed E-state index contributed by atoms with van der Waals surface area (Å²) in [7, 11) is 1.59. The molecule has 1 aromatic carbocycles. The molecule has 4 nitrogen and oxygen atoms in total. The van der Waals surface area contributed by atoms with Gasteiger partial charge in [0.1, 0.15) is 5.75 Å². The Morgan fingerprint density at radius 1 is 1.41 bits per heavy atom. The molecule has 17 heavy (non-hydrogen) atoms. The van der Waals surface area contributed by atoms with E-state index in [-0.39, 0.29) is 0 Å². The highest BCUT2D eigenvalue weighted by atomic mass is 16.5. The average Bonchev–Trinajstić information content (AvgIpc) is 2.37. The molecule has 1 aliphatic heterocycles. The summed E-state index contributed by atoms with van der Waals surface area (Å²) in [6.45, 7) is 0. The first-order valence-corrected chi connectivity index (χ1v) is 5.12. The van der Waals surface area contributed by atoms with Crippen molar-refractivity contribution in [3.8, 4) is 5.75 Å². The number of aldehydes is 1. The van der Waals surface area contributed by atoms with Gasteiger partial charge in [0.2, 0.25) is 0 Å². The summed E-state index contributed by atoms with van der Waals surface area (Å²) in [6, 6.07) is 5.61. The highest BCUT2D eigenvalue weighted by Gasteiger charge is 2.17. The molecule has 0 unspecified atom stereocenters. The molecule has 0 bridgehead atoms. The van der Waals surface area contributed by atoms with Gasteiger partial charge in [-0.2, -0.15) is 0 Å². The molecule has 2 rings (SSSR count). The molecule has 2 N–H and O–H groups in total. The Morgan fingerprint density at radius 2 is 2.24 bits per heavy atom. The SMILES string of the molecule is COc1cccc2c1/C(=C/C=N)NC(C=O)=C2. The van der Waals surface area contributed by atoms with Gasteiger partial charge in [-0.1, -0.05) is 12.1 Å². The monoisotopic (exact) mass is 228 g/mol. The van der Waals surface area contributed by atoms with Gasteiger partial charge in [-0.05, 0) is 23.8 Å². The van der Waals surface area contributed by atoms with Crippen molar-refractivity contribution in [1.82, 2.24) is 5.32 Å². The first kappa shape index (κ1) is 11.1. The highest BCUT2D eigenvalue weighted by molar-refractivity contribution is 5.95. The van der Waals surface area contributed by atoms with Crippen LogP contribution in [-0.4, -0.2) is 19.6 Å². The molecule has 1 aliphatic rings. The van der Waals surface area contributed by atoms with Crippen LogP contribution in [0.15, 0.2) is 30.0 Å². The molecular weight excluding hydrogens is 216 g/mol. The van der Waals surface area contributed by atoms with E-state index in [0.29, 0.717) is 17.1 Å². The van der Waals surface area contributed by atoms with E-state index in [1.54, 1.807) is 19.3 Å².